The minimum atomic E-state index is -0.425. The standard InChI is InChI=1S/C8H6ClN3OS/c9-7-2-1-6(14-7)5-11-12-8(13)3-4-10/h1-2,5H,3H2,(H,12,13)/b11-5+. The summed E-state index contributed by atoms with van der Waals surface area (Å²) in [6.45, 7) is 0. The lowest BCUT2D eigenvalue weighted by Gasteiger charge is -1.90. The van der Waals surface area contributed by atoms with E-state index in [0.29, 0.717) is 4.34 Å². The molecule has 0 aliphatic rings. The molecule has 0 radical (unpaired) electrons. The van der Waals surface area contributed by atoms with Gasteiger partial charge >= 0.3 is 0 Å². The van der Waals surface area contributed by atoms with Gasteiger partial charge in [0.1, 0.15) is 6.42 Å². The van der Waals surface area contributed by atoms with Crippen LogP contribution in [0.3, 0.4) is 0 Å². The zero-order valence-corrected chi connectivity index (χ0v) is 8.60. The molecule has 4 nitrogen and oxygen atoms in total. The van der Waals surface area contributed by atoms with Gasteiger partial charge in [-0.2, -0.15) is 10.4 Å². The van der Waals surface area contributed by atoms with Crippen LogP contribution in [0.2, 0.25) is 4.34 Å². The lowest BCUT2D eigenvalue weighted by Crippen LogP contribution is -2.15. The highest BCUT2D eigenvalue weighted by molar-refractivity contribution is 7.17. The smallest absolute Gasteiger partial charge is 0.254 e. The van der Waals surface area contributed by atoms with Crippen LogP contribution in [-0.4, -0.2) is 12.1 Å². The number of thiophene rings is 1. The highest BCUT2D eigenvalue weighted by Gasteiger charge is 1.96. The van der Waals surface area contributed by atoms with Crippen LogP contribution in [-0.2, 0) is 4.79 Å². The second kappa shape index (κ2) is 5.37. The number of carbonyl (C=O) groups excluding carboxylic acids is 1. The maximum atomic E-state index is 10.8. The van der Waals surface area contributed by atoms with E-state index in [-0.39, 0.29) is 6.42 Å². The minimum absolute atomic E-state index is 0.192. The molecule has 6 heteroatoms. The average molecular weight is 228 g/mol. The van der Waals surface area contributed by atoms with Gasteiger partial charge in [-0.3, -0.25) is 4.79 Å². The van der Waals surface area contributed by atoms with Crippen molar-refractivity contribution in [2.45, 2.75) is 6.42 Å². The molecule has 0 atom stereocenters. The molecule has 1 rings (SSSR count). The lowest BCUT2D eigenvalue weighted by molar-refractivity contribution is -0.120. The zero-order valence-electron chi connectivity index (χ0n) is 7.03. The summed E-state index contributed by atoms with van der Waals surface area (Å²) in [4.78, 5) is 11.6. The van der Waals surface area contributed by atoms with Gasteiger partial charge in [-0.25, -0.2) is 5.43 Å². The van der Waals surface area contributed by atoms with E-state index in [1.165, 1.54) is 17.6 Å². The number of hydrogen-bond acceptors (Lipinski definition) is 4. The normalized spacial score (nSPS) is 10.0. The lowest BCUT2D eigenvalue weighted by atomic mass is 10.5. The van der Waals surface area contributed by atoms with Crippen LogP contribution in [0.25, 0.3) is 0 Å². The number of halogens is 1. The summed E-state index contributed by atoms with van der Waals surface area (Å²) in [6.07, 6.45) is 1.29. The Morgan fingerprint density at radius 2 is 2.57 bits per heavy atom. The van der Waals surface area contributed by atoms with Gasteiger partial charge in [-0.05, 0) is 12.1 Å². The Labute approximate surface area is 89.8 Å². The number of hydrogen-bond donors (Lipinski definition) is 1. The van der Waals surface area contributed by atoms with Gasteiger partial charge in [0.25, 0.3) is 5.91 Å². The predicted molar refractivity (Wildman–Crippen MR) is 55.3 cm³/mol. The first-order valence-corrected chi connectivity index (χ1v) is 4.86. The fourth-order valence-corrected chi connectivity index (χ4v) is 1.61. The quantitative estimate of drug-likeness (QED) is 0.632. The van der Waals surface area contributed by atoms with E-state index in [9.17, 15) is 4.79 Å². The number of nitrogens with zero attached hydrogens (tertiary/aromatic N) is 2. The van der Waals surface area contributed by atoms with Crippen molar-refractivity contribution < 1.29 is 4.79 Å². The Bertz CT molecular complexity index is 394. The van der Waals surface area contributed by atoms with E-state index in [2.05, 4.69) is 10.5 Å². The van der Waals surface area contributed by atoms with Crippen molar-refractivity contribution in [3.8, 4) is 6.07 Å². The molecule has 0 aliphatic heterocycles. The Balaban J connectivity index is 2.42. The second-order valence-corrected chi connectivity index (χ2v) is 4.02. The summed E-state index contributed by atoms with van der Waals surface area (Å²) in [6, 6.07) is 5.24. The number of nitrogens with one attached hydrogen (secondary N) is 1. The van der Waals surface area contributed by atoms with Crippen LogP contribution >= 0.6 is 22.9 Å². The van der Waals surface area contributed by atoms with Crippen molar-refractivity contribution in [3.63, 3.8) is 0 Å². The molecule has 14 heavy (non-hydrogen) atoms. The first kappa shape index (κ1) is 10.7. The van der Waals surface area contributed by atoms with E-state index in [0.717, 1.165) is 4.88 Å². The molecular formula is C8H6ClN3OS. The summed E-state index contributed by atoms with van der Waals surface area (Å²) >= 11 is 7.03. The van der Waals surface area contributed by atoms with Crippen molar-refractivity contribution in [2.75, 3.05) is 0 Å². The van der Waals surface area contributed by atoms with Crippen LogP contribution in [0, 0.1) is 11.3 Å². The summed E-state index contributed by atoms with van der Waals surface area (Å²) in [5.41, 5.74) is 2.21. The molecule has 0 fully saturated rings. The van der Waals surface area contributed by atoms with Crippen molar-refractivity contribution in [1.82, 2.24) is 5.43 Å². The second-order valence-electron chi connectivity index (χ2n) is 2.27. The highest BCUT2D eigenvalue weighted by atomic mass is 35.5. The molecule has 1 amide bonds. The summed E-state index contributed by atoms with van der Waals surface area (Å²) in [5.74, 6) is -0.425. The highest BCUT2D eigenvalue weighted by Crippen LogP contribution is 2.19. The largest absolute Gasteiger partial charge is 0.272 e. The Morgan fingerprint density at radius 1 is 1.79 bits per heavy atom. The van der Waals surface area contributed by atoms with Gasteiger partial charge in [0, 0.05) is 4.88 Å². The Hall–Kier alpha value is -1.38. The zero-order chi connectivity index (χ0) is 10.4. The van der Waals surface area contributed by atoms with E-state index in [4.69, 9.17) is 16.9 Å². The fraction of sp³-hybridized carbons (Fsp3) is 0.125. The average Bonchev–Trinajstić information content (AvgIpc) is 2.52. The third-order valence-corrected chi connectivity index (χ3v) is 2.38. The van der Waals surface area contributed by atoms with Gasteiger partial charge < -0.3 is 0 Å². The molecule has 0 aromatic carbocycles. The van der Waals surface area contributed by atoms with Crippen LogP contribution in [0.15, 0.2) is 17.2 Å². The number of hydrazone groups is 1. The number of rotatable bonds is 3. The number of nitriles is 1. The van der Waals surface area contributed by atoms with Crippen molar-refractivity contribution >= 4 is 35.1 Å². The molecule has 1 aromatic heterocycles. The molecular weight excluding hydrogens is 222 g/mol. The molecule has 0 unspecified atom stereocenters. The minimum Gasteiger partial charge on any atom is -0.272 e. The molecule has 0 spiro atoms. The summed E-state index contributed by atoms with van der Waals surface area (Å²) in [5, 5.41) is 11.8. The molecule has 1 aromatic rings. The maximum Gasteiger partial charge on any atom is 0.254 e. The molecule has 72 valence electrons. The van der Waals surface area contributed by atoms with Crippen LogP contribution < -0.4 is 5.43 Å². The molecule has 0 saturated carbocycles. The molecule has 0 aliphatic carbocycles. The predicted octanol–water partition coefficient (Wildman–Crippen LogP) is 1.77. The van der Waals surface area contributed by atoms with Crippen LogP contribution in [0.1, 0.15) is 11.3 Å². The Kier molecular flexibility index (Phi) is 4.11. The third kappa shape index (κ3) is 3.56. The third-order valence-electron chi connectivity index (χ3n) is 1.21. The van der Waals surface area contributed by atoms with Crippen molar-refractivity contribution in [3.05, 3.63) is 21.3 Å². The maximum absolute atomic E-state index is 10.8. The van der Waals surface area contributed by atoms with Crippen LogP contribution in [0.4, 0.5) is 0 Å². The van der Waals surface area contributed by atoms with Crippen molar-refractivity contribution in [1.29, 1.82) is 5.26 Å². The van der Waals surface area contributed by atoms with Gasteiger partial charge in [0.15, 0.2) is 0 Å². The van der Waals surface area contributed by atoms with Gasteiger partial charge in [0.2, 0.25) is 0 Å². The van der Waals surface area contributed by atoms with E-state index < -0.39 is 5.91 Å². The molecule has 0 saturated heterocycles. The van der Waals surface area contributed by atoms with E-state index >= 15 is 0 Å². The van der Waals surface area contributed by atoms with Crippen molar-refractivity contribution in [2.24, 2.45) is 5.10 Å². The van der Waals surface area contributed by atoms with E-state index in [1.807, 2.05) is 0 Å². The summed E-state index contributed by atoms with van der Waals surface area (Å²) < 4.78 is 0.662. The monoisotopic (exact) mass is 227 g/mol. The van der Waals surface area contributed by atoms with Gasteiger partial charge in [-0.1, -0.05) is 11.6 Å². The van der Waals surface area contributed by atoms with E-state index in [1.54, 1.807) is 18.2 Å². The fourth-order valence-electron chi connectivity index (χ4n) is 0.677. The number of amides is 1. The SMILES string of the molecule is N#CCC(=O)N/N=C/c1ccc(Cl)s1. The number of carbonyl (C=O) groups is 1. The van der Waals surface area contributed by atoms with Crippen LogP contribution in [0.5, 0.6) is 0 Å². The molecule has 0 bridgehead atoms. The Morgan fingerprint density at radius 3 is 3.14 bits per heavy atom. The first-order valence-electron chi connectivity index (χ1n) is 3.66. The topological polar surface area (TPSA) is 65.2 Å². The van der Waals surface area contributed by atoms with Gasteiger partial charge in [0.05, 0.1) is 16.6 Å². The van der Waals surface area contributed by atoms with Gasteiger partial charge in [-0.15, -0.1) is 11.3 Å². The first-order chi connectivity index (χ1) is 6.72. The molecule has 1 heterocycles. The summed E-state index contributed by atoms with van der Waals surface area (Å²) in [7, 11) is 0. The molecule has 1 N–H and O–H groups in total.